The molecule has 0 amide bonds. The van der Waals surface area contributed by atoms with Crippen LogP contribution in [0.3, 0.4) is 0 Å². The molecule has 0 spiro atoms. The number of nitrogens with zero attached hydrogens (tertiary/aromatic N) is 4. The summed E-state index contributed by atoms with van der Waals surface area (Å²) in [5.41, 5.74) is 2.02. The fourth-order valence-electron chi connectivity index (χ4n) is 2.11. The molecule has 0 fully saturated rings. The van der Waals surface area contributed by atoms with Crippen LogP contribution >= 0.6 is 0 Å². The van der Waals surface area contributed by atoms with Gasteiger partial charge in [0.05, 0.1) is 18.1 Å². The molecule has 0 aliphatic carbocycles. The van der Waals surface area contributed by atoms with Crippen molar-refractivity contribution in [3.05, 3.63) is 36.5 Å². The maximum absolute atomic E-state index is 4.29. The van der Waals surface area contributed by atoms with Gasteiger partial charge in [-0.15, -0.1) is 0 Å². The van der Waals surface area contributed by atoms with Crippen LogP contribution in [0.5, 0.6) is 0 Å². The van der Waals surface area contributed by atoms with Crippen LogP contribution in [-0.2, 0) is 6.54 Å². The molecule has 2 N–H and O–H groups in total. The third-order valence-corrected chi connectivity index (χ3v) is 2.96. The standard InChI is InChI=1S/C13H16N6/c1-9-5-17-19(6-9)7-10(2)18-13-11-3-4-14-12(11)15-8-16-13/h3-6,8,10H,7H2,1-2H3,(H2,14,15,16,18). The third kappa shape index (κ3) is 2.42. The number of anilines is 1. The topological polar surface area (TPSA) is 71.4 Å². The number of hydrogen-bond donors (Lipinski definition) is 2. The number of aromatic nitrogens is 5. The second kappa shape index (κ2) is 4.72. The molecule has 0 aromatic carbocycles. The van der Waals surface area contributed by atoms with Gasteiger partial charge >= 0.3 is 0 Å². The first kappa shape index (κ1) is 11.7. The molecule has 0 saturated heterocycles. The molecule has 0 radical (unpaired) electrons. The first-order valence-corrected chi connectivity index (χ1v) is 6.26. The average molecular weight is 256 g/mol. The minimum atomic E-state index is 0.229. The van der Waals surface area contributed by atoms with Crippen LogP contribution in [0.15, 0.2) is 31.0 Å². The highest BCUT2D eigenvalue weighted by atomic mass is 15.3. The van der Waals surface area contributed by atoms with Gasteiger partial charge in [0.15, 0.2) is 0 Å². The Morgan fingerprint density at radius 1 is 1.42 bits per heavy atom. The highest BCUT2D eigenvalue weighted by molar-refractivity contribution is 5.86. The van der Waals surface area contributed by atoms with Crippen molar-refractivity contribution in [3.63, 3.8) is 0 Å². The quantitative estimate of drug-likeness (QED) is 0.748. The van der Waals surface area contributed by atoms with Gasteiger partial charge < -0.3 is 10.3 Å². The molecule has 0 aliphatic heterocycles. The predicted molar refractivity (Wildman–Crippen MR) is 73.9 cm³/mol. The van der Waals surface area contributed by atoms with Crippen LogP contribution in [0.25, 0.3) is 11.0 Å². The number of aryl methyl sites for hydroxylation is 1. The maximum atomic E-state index is 4.29. The van der Waals surface area contributed by atoms with Crippen molar-refractivity contribution in [2.24, 2.45) is 0 Å². The maximum Gasteiger partial charge on any atom is 0.142 e. The van der Waals surface area contributed by atoms with Gasteiger partial charge in [-0.05, 0) is 25.5 Å². The Kier molecular flexibility index (Phi) is 2.91. The van der Waals surface area contributed by atoms with Gasteiger partial charge in [0.2, 0.25) is 0 Å². The minimum absolute atomic E-state index is 0.229. The van der Waals surface area contributed by atoms with Crippen molar-refractivity contribution in [2.75, 3.05) is 5.32 Å². The van der Waals surface area contributed by atoms with E-state index in [9.17, 15) is 0 Å². The summed E-state index contributed by atoms with van der Waals surface area (Å²) < 4.78 is 1.93. The van der Waals surface area contributed by atoms with Crippen molar-refractivity contribution >= 4 is 16.9 Å². The molecular formula is C13H16N6. The molecule has 0 bridgehead atoms. The van der Waals surface area contributed by atoms with Crippen molar-refractivity contribution in [1.82, 2.24) is 24.7 Å². The number of rotatable bonds is 4. The summed E-state index contributed by atoms with van der Waals surface area (Å²) in [6.45, 7) is 4.94. The van der Waals surface area contributed by atoms with Gasteiger partial charge in [-0.3, -0.25) is 4.68 Å². The monoisotopic (exact) mass is 256 g/mol. The molecule has 1 unspecified atom stereocenters. The average Bonchev–Trinajstić information content (AvgIpc) is 2.98. The van der Waals surface area contributed by atoms with E-state index in [4.69, 9.17) is 0 Å². The molecular weight excluding hydrogens is 240 g/mol. The summed E-state index contributed by atoms with van der Waals surface area (Å²) in [7, 11) is 0. The van der Waals surface area contributed by atoms with Crippen molar-refractivity contribution in [1.29, 1.82) is 0 Å². The first-order chi connectivity index (χ1) is 9.22. The SMILES string of the molecule is Cc1cnn(CC(C)Nc2ncnc3[nH]ccc23)c1. The van der Waals surface area contributed by atoms with Crippen LogP contribution in [-0.4, -0.2) is 30.8 Å². The van der Waals surface area contributed by atoms with E-state index in [0.717, 1.165) is 23.4 Å². The lowest BCUT2D eigenvalue weighted by Crippen LogP contribution is -2.22. The number of H-pyrrole nitrogens is 1. The largest absolute Gasteiger partial charge is 0.365 e. The summed E-state index contributed by atoms with van der Waals surface area (Å²) in [5.74, 6) is 0.850. The van der Waals surface area contributed by atoms with E-state index in [-0.39, 0.29) is 6.04 Å². The molecule has 3 aromatic rings. The fraction of sp³-hybridized carbons (Fsp3) is 0.308. The smallest absolute Gasteiger partial charge is 0.142 e. The van der Waals surface area contributed by atoms with Crippen molar-refractivity contribution in [3.8, 4) is 0 Å². The highest BCUT2D eigenvalue weighted by Crippen LogP contribution is 2.18. The summed E-state index contributed by atoms with van der Waals surface area (Å²) in [5, 5.41) is 8.69. The van der Waals surface area contributed by atoms with Crippen LogP contribution in [0.1, 0.15) is 12.5 Å². The van der Waals surface area contributed by atoms with Crippen LogP contribution in [0.4, 0.5) is 5.82 Å². The second-order valence-corrected chi connectivity index (χ2v) is 4.75. The number of hydrogen-bond acceptors (Lipinski definition) is 4. The number of fused-ring (bicyclic) bond motifs is 1. The summed E-state index contributed by atoms with van der Waals surface area (Å²) in [6.07, 6.45) is 7.32. The van der Waals surface area contributed by atoms with Gasteiger partial charge in [0.1, 0.15) is 17.8 Å². The third-order valence-electron chi connectivity index (χ3n) is 2.96. The molecule has 3 heterocycles. The zero-order valence-electron chi connectivity index (χ0n) is 11.0. The van der Waals surface area contributed by atoms with Gasteiger partial charge in [-0.1, -0.05) is 0 Å². The van der Waals surface area contributed by atoms with Gasteiger partial charge in [-0.2, -0.15) is 5.10 Å². The lowest BCUT2D eigenvalue weighted by molar-refractivity contribution is 0.560. The Morgan fingerprint density at radius 3 is 3.11 bits per heavy atom. The van der Waals surface area contributed by atoms with E-state index in [1.165, 1.54) is 5.56 Å². The van der Waals surface area contributed by atoms with E-state index >= 15 is 0 Å². The van der Waals surface area contributed by atoms with E-state index in [0.29, 0.717) is 0 Å². The van der Waals surface area contributed by atoms with Crippen LogP contribution in [0.2, 0.25) is 0 Å². The Labute approximate surface area is 110 Å². The Bertz CT molecular complexity index is 683. The van der Waals surface area contributed by atoms with Crippen LogP contribution in [0, 0.1) is 6.92 Å². The molecule has 6 heteroatoms. The Balaban J connectivity index is 1.75. The molecule has 3 rings (SSSR count). The Morgan fingerprint density at radius 2 is 2.32 bits per heavy atom. The summed E-state index contributed by atoms with van der Waals surface area (Å²) in [6, 6.07) is 2.20. The molecule has 6 nitrogen and oxygen atoms in total. The zero-order chi connectivity index (χ0) is 13.2. The summed E-state index contributed by atoms with van der Waals surface area (Å²) in [4.78, 5) is 11.5. The highest BCUT2D eigenvalue weighted by Gasteiger charge is 2.08. The lowest BCUT2D eigenvalue weighted by Gasteiger charge is -2.14. The van der Waals surface area contributed by atoms with E-state index in [1.807, 2.05) is 36.3 Å². The van der Waals surface area contributed by atoms with Crippen molar-refractivity contribution in [2.45, 2.75) is 26.4 Å². The molecule has 1 atom stereocenters. The van der Waals surface area contributed by atoms with E-state index in [1.54, 1.807) is 6.33 Å². The van der Waals surface area contributed by atoms with Crippen molar-refractivity contribution < 1.29 is 0 Å². The van der Waals surface area contributed by atoms with Gasteiger partial charge in [0, 0.05) is 18.4 Å². The normalized spacial score (nSPS) is 12.7. The fourth-order valence-corrected chi connectivity index (χ4v) is 2.11. The van der Waals surface area contributed by atoms with Gasteiger partial charge in [0.25, 0.3) is 0 Å². The molecule has 0 saturated carbocycles. The van der Waals surface area contributed by atoms with E-state index < -0.39 is 0 Å². The molecule has 0 aliphatic rings. The lowest BCUT2D eigenvalue weighted by atomic mass is 10.3. The Hall–Kier alpha value is -2.37. The summed E-state index contributed by atoms with van der Waals surface area (Å²) >= 11 is 0. The number of nitrogens with one attached hydrogen (secondary N) is 2. The van der Waals surface area contributed by atoms with Gasteiger partial charge in [-0.25, -0.2) is 9.97 Å². The number of aromatic amines is 1. The molecule has 3 aromatic heterocycles. The first-order valence-electron chi connectivity index (χ1n) is 6.26. The van der Waals surface area contributed by atoms with E-state index in [2.05, 4.69) is 32.3 Å². The minimum Gasteiger partial charge on any atom is -0.365 e. The second-order valence-electron chi connectivity index (χ2n) is 4.75. The predicted octanol–water partition coefficient (Wildman–Crippen LogP) is 1.96. The zero-order valence-corrected chi connectivity index (χ0v) is 11.0. The molecule has 98 valence electrons. The molecule has 19 heavy (non-hydrogen) atoms. The van der Waals surface area contributed by atoms with Crippen LogP contribution < -0.4 is 5.32 Å².